The lowest BCUT2D eigenvalue weighted by Gasteiger charge is -2.24. The molecule has 0 saturated heterocycles. The molecule has 0 aliphatic heterocycles. The largest absolute Gasteiger partial charge is 0.296 e. The van der Waals surface area contributed by atoms with E-state index in [1.54, 1.807) is 12.1 Å². The number of rotatable bonds is 6. The summed E-state index contributed by atoms with van der Waals surface area (Å²) in [7, 11) is 0. The van der Waals surface area contributed by atoms with Crippen molar-refractivity contribution in [3.8, 4) is 0 Å². The fraction of sp³-hybridized carbons (Fsp3) is 0.571. The van der Waals surface area contributed by atoms with Crippen molar-refractivity contribution in [1.82, 2.24) is 4.90 Å². The van der Waals surface area contributed by atoms with Crippen molar-refractivity contribution in [3.05, 3.63) is 38.9 Å². The Labute approximate surface area is 118 Å². The molecule has 0 bridgehead atoms. The lowest BCUT2D eigenvalue weighted by atomic mass is 10.1. The SMILES string of the molecule is CC(C)CN(Cc1ccc(Cl)c([N+](=O)[O-])c1)C1CC1. The Hall–Kier alpha value is -1.13. The first-order valence-corrected chi connectivity index (χ1v) is 7.02. The van der Waals surface area contributed by atoms with Gasteiger partial charge in [0.25, 0.3) is 5.69 Å². The average molecular weight is 283 g/mol. The van der Waals surface area contributed by atoms with E-state index in [4.69, 9.17) is 11.6 Å². The quantitative estimate of drug-likeness (QED) is 0.588. The Balaban J connectivity index is 2.12. The molecule has 19 heavy (non-hydrogen) atoms. The van der Waals surface area contributed by atoms with Crippen LogP contribution in [0.25, 0.3) is 0 Å². The number of hydrogen-bond donors (Lipinski definition) is 0. The monoisotopic (exact) mass is 282 g/mol. The number of halogens is 1. The predicted molar refractivity (Wildman–Crippen MR) is 76.4 cm³/mol. The van der Waals surface area contributed by atoms with Crippen LogP contribution in [0.3, 0.4) is 0 Å². The third-order valence-electron chi connectivity index (χ3n) is 3.26. The van der Waals surface area contributed by atoms with Crippen molar-refractivity contribution < 1.29 is 4.92 Å². The first-order valence-electron chi connectivity index (χ1n) is 6.64. The normalized spacial score (nSPS) is 15.2. The van der Waals surface area contributed by atoms with Gasteiger partial charge in [0.15, 0.2) is 0 Å². The predicted octanol–water partition coefficient (Wildman–Crippen LogP) is 3.87. The molecular weight excluding hydrogens is 264 g/mol. The highest BCUT2D eigenvalue weighted by Crippen LogP contribution is 2.31. The Morgan fingerprint density at radius 3 is 2.68 bits per heavy atom. The molecule has 2 rings (SSSR count). The van der Waals surface area contributed by atoms with Gasteiger partial charge in [-0.1, -0.05) is 31.5 Å². The maximum atomic E-state index is 10.9. The summed E-state index contributed by atoms with van der Waals surface area (Å²) in [5, 5.41) is 11.1. The van der Waals surface area contributed by atoms with Crippen molar-refractivity contribution >= 4 is 17.3 Å². The molecule has 1 aliphatic carbocycles. The van der Waals surface area contributed by atoms with Gasteiger partial charge in [-0.2, -0.15) is 0 Å². The van der Waals surface area contributed by atoms with E-state index in [1.807, 2.05) is 6.07 Å². The van der Waals surface area contributed by atoms with Gasteiger partial charge in [-0.05, 0) is 30.4 Å². The van der Waals surface area contributed by atoms with Crippen molar-refractivity contribution in [2.45, 2.75) is 39.3 Å². The van der Waals surface area contributed by atoms with Crippen LogP contribution in [0.2, 0.25) is 5.02 Å². The number of hydrogen-bond acceptors (Lipinski definition) is 3. The van der Waals surface area contributed by atoms with Gasteiger partial charge in [0.05, 0.1) is 4.92 Å². The lowest BCUT2D eigenvalue weighted by Crippen LogP contribution is -2.29. The van der Waals surface area contributed by atoms with Gasteiger partial charge in [0, 0.05) is 25.2 Å². The van der Waals surface area contributed by atoms with Crippen LogP contribution in [0.15, 0.2) is 18.2 Å². The standard InChI is InChI=1S/C14H19ClN2O2/c1-10(2)8-16(12-4-5-12)9-11-3-6-13(15)14(7-11)17(18)19/h3,6-7,10,12H,4-5,8-9H2,1-2H3. The molecule has 0 radical (unpaired) electrons. The van der Waals surface area contributed by atoms with E-state index in [-0.39, 0.29) is 10.7 Å². The Kier molecular flexibility index (Phi) is 4.42. The van der Waals surface area contributed by atoms with E-state index < -0.39 is 4.92 Å². The van der Waals surface area contributed by atoms with Gasteiger partial charge >= 0.3 is 0 Å². The second-order valence-electron chi connectivity index (χ2n) is 5.60. The van der Waals surface area contributed by atoms with E-state index in [0.717, 1.165) is 18.7 Å². The van der Waals surface area contributed by atoms with Crippen molar-refractivity contribution in [1.29, 1.82) is 0 Å². The molecule has 0 unspecified atom stereocenters. The highest BCUT2D eigenvalue weighted by Gasteiger charge is 2.29. The van der Waals surface area contributed by atoms with Crippen LogP contribution < -0.4 is 0 Å². The summed E-state index contributed by atoms with van der Waals surface area (Å²) in [6.07, 6.45) is 2.48. The highest BCUT2D eigenvalue weighted by atomic mass is 35.5. The lowest BCUT2D eigenvalue weighted by molar-refractivity contribution is -0.384. The summed E-state index contributed by atoms with van der Waals surface area (Å²) in [6.45, 7) is 6.18. The van der Waals surface area contributed by atoms with E-state index in [9.17, 15) is 10.1 Å². The molecule has 1 aromatic rings. The first-order chi connectivity index (χ1) is 8.97. The minimum absolute atomic E-state index is 0.000499. The molecule has 0 amide bonds. The Bertz CT molecular complexity index is 473. The van der Waals surface area contributed by atoms with E-state index in [1.165, 1.54) is 12.8 Å². The number of nitro groups is 1. The molecule has 5 heteroatoms. The molecule has 104 valence electrons. The molecule has 0 aromatic heterocycles. The van der Waals surface area contributed by atoms with Crippen LogP contribution in [-0.2, 0) is 6.54 Å². The molecule has 1 aromatic carbocycles. The maximum Gasteiger partial charge on any atom is 0.288 e. The summed E-state index contributed by atoms with van der Waals surface area (Å²) in [5.74, 6) is 0.600. The summed E-state index contributed by atoms with van der Waals surface area (Å²) < 4.78 is 0. The zero-order valence-electron chi connectivity index (χ0n) is 11.3. The number of nitrogens with zero attached hydrogens (tertiary/aromatic N) is 2. The zero-order chi connectivity index (χ0) is 14.0. The van der Waals surface area contributed by atoms with Crippen LogP contribution in [0.1, 0.15) is 32.3 Å². The molecule has 0 N–H and O–H groups in total. The highest BCUT2D eigenvalue weighted by molar-refractivity contribution is 6.32. The Morgan fingerprint density at radius 2 is 2.16 bits per heavy atom. The molecule has 4 nitrogen and oxygen atoms in total. The van der Waals surface area contributed by atoms with Gasteiger partial charge in [0.2, 0.25) is 0 Å². The van der Waals surface area contributed by atoms with E-state index >= 15 is 0 Å². The first kappa shape index (κ1) is 14.3. The van der Waals surface area contributed by atoms with E-state index in [0.29, 0.717) is 12.0 Å². The number of benzene rings is 1. The van der Waals surface area contributed by atoms with Crippen LogP contribution in [-0.4, -0.2) is 22.4 Å². The average Bonchev–Trinajstić information content (AvgIpc) is 3.13. The van der Waals surface area contributed by atoms with Gasteiger partial charge in [-0.15, -0.1) is 0 Å². The smallest absolute Gasteiger partial charge is 0.288 e. The van der Waals surface area contributed by atoms with Gasteiger partial charge in [-0.3, -0.25) is 15.0 Å². The molecule has 1 saturated carbocycles. The molecule has 1 fully saturated rings. The summed E-state index contributed by atoms with van der Waals surface area (Å²) in [5.41, 5.74) is 0.961. The molecule has 1 aliphatic rings. The molecule has 0 heterocycles. The van der Waals surface area contributed by atoms with Crippen LogP contribution in [0.5, 0.6) is 0 Å². The second-order valence-corrected chi connectivity index (χ2v) is 6.00. The van der Waals surface area contributed by atoms with Gasteiger partial charge < -0.3 is 0 Å². The topological polar surface area (TPSA) is 46.4 Å². The summed E-state index contributed by atoms with van der Waals surface area (Å²) in [6, 6.07) is 5.75. The van der Waals surface area contributed by atoms with Crippen molar-refractivity contribution in [2.75, 3.05) is 6.54 Å². The van der Waals surface area contributed by atoms with Crippen LogP contribution in [0, 0.1) is 16.0 Å². The fourth-order valence-corrected chi connectivity index (χ4v) is 2.47. The third kappa shape index (κ3) is 3.91. The maximum absolute atomic E-state index is 10.9. The molecular formula is C14H19ClN2O2. The van der Waals surface area contributed by atoms with E-state index in [2.05, 4.69) is 18.7 Å². The molecule has 0 spiro atoms. The van der Waals surface area contributed by atoms with Gasteiger partial charge in [-0.25, -0.2) is 0 Å². The number of nitro benzene ring substituents is 1. The summed E-state index contributed by atoms with van der Waals surface area (Å²) >= 11 is 5.83. The minimum Gasteiger partial charge on any atom is -0.296 e. The third-order valence-corrected chi connectivity index (χ3v) is 3.58. The summed E-state index contributed by atoms with van der Waals surface area (Å²) in [4.78, 5) is 12.9. The Morgan fingerprint density at radius 1 is 1.47 bits per heavy atom. The van der Waals surface area contributed by atoms with Crippen LogP contribution in [0.4, 0.5) is 5.69 Å². The van der Waals surface area contributed by atoms with Crippen molar-refractivity contribution in [3.63, 3.8) is 0 Å². The minimum atomic E-state index is -0.421. The van der Waals surface area contributed by atoms with Gasteiger partial charge in [0.1, 0.15) is 5.02 Å². The van der Waals surface area contributed by atoms with Crippen LogP contribution >= 0.6 is 11.6 Å². The fourth-order valence-electron chi connectivity index (χ4n) is 2.28. The van der Waals surface area contributed by atoms with Crippen molar-refractivity contribution in [2.24, 2.45) is 5.92 Å². The zero-order valence-corrected chi connectivity index (χ0v) is 12.1. The molecule has 0 atom stereocenters. The second kappa shape index (κ2) is 5.88.